The SMILES string of the molecule is CCNC(=O)c1cccc(NC(=O)Cc2ccc([N+](=O)[O-])cc2)c1. The molecule has 0 bridgehead atoms. The van der Waals surface area contributed by atoms with Gasteiger partial charge in [0.2, 0.25) is 5.91 Å². The van der Waals surface area contributed by atoms with Crippen molar-refractivity contribution in [2.24, 2.45) is 0 Å². The highest BCUT2D eigenvalue weighted by atomic mass is 16.6. The molecule has 0 heterocycles. The highest BCUT2D eigenvalue weighted by molar-refractivity contribution is 5.97. The summed E-state index contributed by atoms with van der Waals surface area (Å²) >= 11 is 0. The third-order valence-corrected chi connectivity index (χ3v) is 3.26. The molecule has 2 rings (SSSR count). The number of amides is 2. The first-order valence-corrected chi connectivity index (χ1v) is 7.41. The second-order valence-corrected chi connectivity index (χ2v) is 5.09. The molecule has 7 heteroatoms. The number of carbonyl (C=O) groups excluding carboxylic acids is 2. The molecule has 0 aliphatic heterocycles. The summed E-state index contributed by atoms with van der Waals surface area (Å²) in [6.45, 7) is 2.35. The summed E-state index contributed by atoms with van der Waals surface area (Å²) in [4.78, 5) is 34.0. The Hall–Kier alpha value is -3.22. The Labute approximate surface area is 138 Å². The molecule has 0 aliphatic rings. The lowest BCUT2D eigenvalue weighted by Gasteiger charge is -2.08. The lowest BCUT2D eigenvalue weighted by molar-refractivity contribution is -0.384. The van der Waals surface area contributed by atoms with Gasteiger partial charge in [-0.3, -0.25) is 19.7 Å². The standard InChI is InChI=1S/C17H17N3O4/c1-2-18-17(22)13-4-3-5-14(11-13)19-16(21)10-12-6-8-15(9-7-12)20(23)24/h3-9,11H,2,10H2,1H3,(H,18,22)(H,19,21). The zero-order valence-corrected chi connectivity index (χ0v) is 13.1. The van der Waals surface area contributed by atoms with Crippen LogP contribution in [0.3, 0.4) is 0 Å². The topological polar surface area (TPSA) is 101 Å². The van der Waals surface area contributed by atoms with Crippen LogP contribution in [-0.4, -0.2) is 23.3 Å². The van der Waals surface area contributed by atoms with Crippen LogP contribution < -0.4 is 10.6 Å². The van der Waals surface area contributed by atoms with Crippen molar-refractivity contribution in [1.29, 1.82) is 0 Å². The lowest BCUT2D eigenvalue weighted by Crippen LogP contribution is -2.23. The van der Waals surface area contributed by atoms with Gasteiger partial charge in [0.05, 0.1) is 11.3 Å². The van der Waals surface area contributed by atoms with E-state index in [0.29, 0.717) is 23.4 Å². The normalized spacial score (nSPS) is 10.0. The van der Waals surface area contributed by atoms with Crippen molar-refractivity contribution in [3.63, 3.8) is 0 Å². The zero-order chi connectivity index (χ0) is 17.5. The second kappa shape index (κ2) is 7.87. The van der Waals surface area contributed by atoms with Crippen LogP contribution >= 0.6 is 0 Å². The number of nitrogens with one attached hydrogen (secondary N) is 2. The molecule has 2 amide bonds. The van der Waals surface area contributed by atoms with E-state index < -0.39 is 4.92 Å². The summed E-state index contributed by atoms with van der Waals surface area (Å²) in [6.07, 6.45) is 0.0867. The summed E-state index contributed by atoms with van der Waals surface area (Å²) in [5.74, 6) is -0.471. The van der Waals surface area contributed by atoms with E-state index in [9.17, 15) is 19.7 Å². The Bertz CT molecular complexity index is 757. The van der Waals surface area contributed by atoms with Gasteiger partial charge in [0.25, 0.3) is 11.6 Å². The molecule has 2 aromatic rings. The fourth-order valence-corrected chi connectivity index (χ4v) is 2.13. The van der Waals surface area contributed by atoms with Gasteiger partial charge in [-0.15, -0.1) is 0 Å². The molecule has 0 fully saturated rings. The number of nitrogens with zero attached hydrogens (tertiary/aromatic N) is 1. The van der Waals surface area contributed by atoms with E-state index >= 15 is 0 Å². The number of rotatable bonds is 6. The third kappa shape index (κ3) is 4.64. The van der Waals surface area contributed by atoms with Gasteiger partial charge < -0.3 is 10.6 Å². The fraction of sp³-hybridized carbons (Fsp3) is 0.176. The van der Waals surface area contributed by atoms with Crippen LogP contribution in [0.2, 0.25) is 0 Å². The second-order valence-electron chi connectivity index (χ2n) is 5.09. The van der Waals surface area contributed by atoms with Gasteiger partial charge in [-0.25, -0.2) is 0 Å². The number of hydrogen-bond donors (Lipinski definition) is 2. The van der Waals surface area contributed by atoms with E-state index in [1.807, 2.05) is 6.92 Å². The molecule has 24 heavy (non-hydrogen) atoms. The molecule has 0 radical (unpaired) electrons. The third-order valence-electron chi connectivity index (χ3n) is 3.26. The van der Waals surface area contributed by atoms with Crippen molar-refractivity contribution < 1.29 is 14.5 Å². The van der Waals surface area contributed by atoms with Gasteiger partial charge in [-0.05, 0) is 30.7 Å². The first kappa shape index (κ1) is 17.1. The van der Waals surface area contributed by atoms with Gasteiger partial charge in [-0.1, -0.05) is 18.2 Å². The molecule has 124 valence electrons. The van der Waals surface area contributed by atoms with Crippen LogP contribution in [0.25, 0.3) is 0 Å². The number of anilines is 1. The predicted molar refractivity (Wildman–Crippen MR) is 89.9 cm³/mol. The molecule has 0 spiro atoms. The highest BCUT2D eigenvalue weighted by Crippen LogP contribution is 2.14. The van der Waals surface area contributed by atoms with E-state index in [0.717, 1.165) is 0 Å². The van der Waals surface area contributed by atoms with E-state index in [1.54, 1.807) is 36.4 Å². The van der Waals surface area contributed by atoms with Crippen LogP contribution in [0, 0.1) is 10.1 Å². The Morgan fingerprint density at radius 3 is 2.46 bits per heavy atom. The summed E-state index contributed by atoms with van der Waals surface area (Å²) in [6, 6.07) is 12.4. The molecule has 2 aromatic carbocycles. The van der Waals surface area contributed by atoms with Crippen molar-refractivity contribution in [2.75, 3.05) is 11.9 Å². The number of carbonyl (C=O) groups is 2. The van der Waals surface area contributed by atoms with Gasteiger partial charge in [0, 0.05) is 29.9 Å². The van der Waals surface area contributed by atoms with E-state index in [-0.39, 0.29) is 23.9 Å². The van der Waals surface area contributed by atoms with Gasteiger partial charge in [0.1, 0.15) is 0 Å². The summed E-state index contributed by atoms with van der Waals surface area (Å²) < 4.78 is 0. The molecular formula is C17H17N3O4. The molecule has 0 unspecified atom stereocenters. The Morgan fingerprint density at radius 1 is 1.12 bits per heavy atom. The molecule has 0 saturated heterocycles. The molecule has 0 aromatic heterocycles. The average molecular weight is 327 g/mol. The monoisotopic (exact) mass is 327 g/mol. The van der Waals surface area contributed by atoms with Crippen LogP contribution in [-0.2, 0) is 11.2 Å². The Kier molecular flexibility index (Phi) is 5.62. The molecular weight excluding hydrogens is 310 g/mol. The van der Waals surface area contributed by atoms with E-state index in [1.165, 1.54) is 12.1 Å². The number of nitro groups is 1. The molecule has 2 N–H and O–H groups in total. The maximum atomic E-state index is 12.1. The fourth-order valence-electron chi connectivity index (χ4n) is 2.13. The van der Waals surface area contributed by atoms with Crippen molar-refractivity contribution in [3.05, 3.63) is 69.8 Å². The molecule has 0 saturated carbocycles. The molecule has 7 nitrogen and oxygen atoms in total. The quantitative estimate of drug-likeness (QED) is 0.628. The smallest absolute Gasteiger partial charge is 0.269 e. The number of nitro benzene ring substituents is 1. The minimum Gasteiger partial charge on any atom is -0.352 e. The van der Waals surface area contributed by atoms with Crippen LogP contribution in [0.5, 0.6) is 0 Å². The van der Waals surface area contributed by atoms with Crippen LogP contribution in [0.4, 0.5) is 11.4 Å². The predicted octanol–water partition coefficient (Wildman–Crippen LogP) is 2.53. The summed E-state index contributed by atoms with van der Waals surface area (Å²) in [7, 11) is 0. The number of non-ortho nitro benzene ring substituents is 1. The van der Waals surface area contributed by atoms with Crippen molar-refractivity contribution in [3.8, 4) is 0 Å². The van der Waals surface area contributed by atoms with Gasteiger partial charge in [-0.2, -0.15) is 0 Å². The zero-order valence-electron chi connectivity index (χ0n) is 13.1. The molecule has 0 atom stereocenters. The van der Waals surface area contributed by atoms with E-state index in [2.05, 4.69) is 10.6 Å². The van der Waals surface area contributed by atoms with Crippen molar-refractivity contribution in [1.82, 2.24) is 5.32 Å². The Morgan fingerprint density at radius 2 is 1.83 bits per heavy atom. The first-order valence-electron chi connectivity index (χ1n) is 7.41. The van der Waals surface area contributed by atoms with Crippen molar-refractivity contribution in [2.45, 2.75) is 13.3 Å². The minimum atomic E-state index is -0.489. The molecule has 0 aliphatic carbocycles. The van der Waals surface area contributed by atoms with Crippen LogP contribution in [0.15, 0.2) is 48.5 Å². The van der Waals surface area contributed by atoms with Gasteiger partial charge >= 0.3 is 0 Å². The maximum absolute atomic E-state index is 12.1. The first-order chi connectivity index (χ1) is 11.5. The lowest BCUT2D eigenvalue weighted by atomic mass is 10.1. The minimum absolute atomic E-state index is 0.0196. The summed E-state index contributed by atoms with van der Waals surface area (Å²) in [5, 5.41) is 16.0. The largest absolute Gasteiger partial charge is 0.352 e. The number of hydrogen-bond acceptors (Lipinski definition) is 4. The van der Waals surface area contributed by atoms with Crippen LogP contribution in [0.1, 0.15) is 22.8 Å². The highest BCUT2D eigenvalue weighted by Gasteiger charge is 2.09. The Balaban J connectivity index is 2.00. The summed E-state index contributed by atoms with van der Waals surface area (Å²) in [5.41, 5.74) is 1.63. The van der Waals surface area contributed by atoms with Crippen molar-refractivity contribution >= 4 is 23.2 Å². The van der Waals surface area contributed by atoms with Gasteiger partial charge in [0.15, 0.2) is 0 Å². The maximum Gasteiger partial charge on any atom is 0.269 e. The van der Waals surface area contributed by atoms with E-state index in [4.69, 9.17) is 0 Å². The average Bonchev–Trinajstić information content (AvgIpc) is 2.55. The number of benzene rings is 2.